The number of halogens is 2. The molecule has 0 saturated carbocycles. The van der Waals surface area contributed by atoms with Gasteiger partial charge >= 0.3 is 0 Å². The number of amides is 1. The third-order valence-electron chi connectivity index (χ3n) is 3.34. The molecule has 0 unspecified atom stereocenters. The molecule has 5 nitrogen and oxygen atoms in total. The number of benzene rings is 2. The molecule has 0 bridgehead atoms. The summed E-state index contributed by atoms with van der Waals surface area (Å²) in [5.41, 5.74) is 3.11. The van der Waals surface area contributed by atoms with Crippen LogP contribution >= 0.6 is 0 Å². The molecule has 3 rings (SSSR count). The molecule has 112 valence electrons. The third kappa shape index (κ3) is 2.42. The maximum absolute atomic E-state index is 13.8. The van der Waals surface area contributed by atoms with Gasteiger partial charge in [0.15, 0.2) is 5.69 Å². The summed E-state index contributed by atoms with van der Waals surface area (Å²) >= 11 is 0. The number of rotatable bonds is 3. The Hall–Kier alpha value is -2.80. The van der Waals surface area contributed by atoms with Crippen LogP contribution in [0.15, 0.2) is 42.5 Å². The Labute approximate surface area is 124 Å². The molecule has 0 aliphatic rings. The van der Waals surface area contributed by atoms with Gasteiger partial charge in [0.1, 0.15) is 11.6 Å². The lowest BCUT2D eigenvalue weighted by Crippen LogP contribution is -2.30. The summed E-state index contributed by atoms with van der Waals surface area (Å²) in [6.07, 6.45) is 0. The second-order valence-electron chi connectivity index (χ2n) is 4.73. The molecular formula is C15H12F2N4O. The van der Waals surface area contributed by atoms with Gasteiger partial charge < -0.3 is 0 Å². The summed E-state index contributed by atoms with van der Waals surface area (Å²) in [6, 6.07) is 10.4. The standard InChI is InChI=1S/C15H12F2N4O/c16-10-6-5-9(12(17)7-10)8-21-13-4-2-1-3-11(13)14(20-21)15(22)19-18/h1-7H,8,18H2,(H,19,22). The number of nitrogens with one attached hydrogen (secondary N) is 1. The third-order valence-corrected chi connectivity index (χ3v) is 3.34. The topological polar surface area (TPSA) is 72.9 Å². The van der Waals surface area contributed by atoms with Crippen LogP contribution < -0.4 is 11.3 Å². The number of hydrogen-bond acceptors (Lipinski definition) is 3. The highest BCUT2D eigenvalue weighted by atomic mass is 19.1. The number of fused-ring (bicyclic) bond motifs is 1. The van der Waals surface area contributed by atoms with Crippen molar-refractivity contribution < 1.29 is 13.6 Å². The van der Waals surface area contributed by atoms with E-state index < -0.39 is 17.5 Å². The number of carbonyl (C=O) groups excluding carboxylic acids is 1. The fourth-order valence-corrected chi connectivity index (χ4v) is 2.30. The molecule has 0 aliphatic carbocycles. The van der Waals surface area contributed by atoms with Crippen molar-refractivity contribution in [2.24, 2.45) is 5.84 Å². The summed E-state index contributed by atoms with van der Waals surface area (Å²) in [4.78, 5) is 11.8. The molecule has 1 aromatic heterocycles. The second-order valence-corrected chi connectivity index (χ2v) is 4.73. The van der Waals surface area contributed by atoms with Crippen molar-refractivity contribution in [3.05, 3.63) is 65.4 Å². The summed E-state index contributed by atoms with van der Waals surface area (Å²) in [5.74, 6) is 3.31. The van der Waals surface area contributed by atoms with Crippen LogP contribution in [-0.4, -0.2) is 15.7 Å². The number of hydrogen-bond donors (Lipinski definition) is 2. The number of aromatic nitrogens is 2. The van der Waals surface area contributed by atoms with Crippen LogP contribution in [0.4, 0.5) is 8.78 Å². The largest absolute Gasteiger partial charge is 0.289 e. The Morgan fingerprint density at radius 2 is 2.00 bits per heavy atom. The quantitative estimate of drug-likeness (QED) is 0.441. The Morgan fingerprint density at radius 3 is 2.73 bits per heavy atom. The van der Waals surface area contributed by atoms with Gasteiger partial charge in [-0.05, 0) is 12.1 Å². The van der Waals surface area contributed by atoms with Gasteiger partial charge in [0.2, 0.25) is 0 Å². The van der Waals surface area contributed by atoms with Crippen molar-refractivity contribution >= 4 is 16.8 Å². The van der Waals surface area contributed by atoms with Crippen LogP contribution in [0.25, 0.3) is 10.9 Å². The maximum Gasteiger partial charge on any atom is 0.286 e. The zero-order valence-electron chi connectivity index (χ0n) is 11.4. The zero-order valence-corrected chi connectivity index (χ0v) is 11.4. The number of para-hydroxylation sites is 1. The van der Waals surface area contributed by atoms with Gasteiger partial charge in [0.05, 0.1) is 12.1 Å². The maximum atomic E-state index is 13.8. The predicted octanol–water partition coefficient (Wildman–Crippen LogP) is 1.97. The molecule has 0 spiro atoms. The number of nitrogen functional groups attached to an aromatic ring is 1. The van der Waals surface area contributed by atoms with Crippen LogP contribution in [0.1, 0.15) is 16.1 Å². The number of hydrazine groups is 1. The van der Waals surface area contributed by atoms with Crippen LogP contribution in [0, 0.1) is 11.6 Å². The fourth-order valence-electron chi connectivity index (χ4n) is 2.30. The Morgan fingerprint density at radius 1 is 1.23 bits per heavy atom. The normalized spacial score (nSPS) is 10.9. The van der Waals surface area contributed by atoms with Crippen molar-refractivity contribution in [2.45, 2.75) is 6.54 Å². The average Bonchev–Trinajstić information content (AvgIpc) is 2.88. The first-order valence-corrected chi connectivity index (χ1v) is 6.50. The number of nitrogens with two attached hydrogens (primary N) is 1. The molecule has 3 aromatic rings. The minimum Gasteiger partial charge on any atom is -0.289 e. The van der Waals surface area contributed by atoms with Gasteiger partial charge in [-0.25, -0.2) is 14.6 Å². The predicted molar refractivity (Wildman–Crippen MR) is 76.8 cm³/mol. The van der Waals surface area contributed by atoms with Gasteiger partial charge in [0.25, 0.3) is 5.91 Å². The van der Waals surface area contributed by atoms with Gasteiger partial charge in [0, 0.05) is 17.0 Å². The molecule has 0 radical (unpaired) electrons. The smallest absolute Gasteiger partial charge is 0.286 e. The van der Waals surface area contributed by atoms with Gasteiger partial charge in [-0.1, -0.05) is 24.3 Å². The van der Waals surface area contributed by atoms with Crippen molar-refractivity contribution in [1.29, 1.82) is 0 Å². The molecule has 2 aromatic carbocycles. The first-order chi connectivity index (χ1) is 10.6. The molecule has 22 heavy (non-hydrogen) atoms. The van der Waals surface area contributed by atoms with Crippen molar-refractivity contribution in [2.75, 3.05) is 0 Å². The van der Waals surface area contributed by atoms with Gasteiger partial charge in [-0.2, -0.15) is 5.10 Å². The van der Waals surface area contributed by atoms with Crippen molar-refractivity contribution in [3.8, 4) is 0 Å². The lowest BCUT2D eigenvalue weighted by molar-refractivity contribution is 0.0949. The van der Waals surface area contributed by atoms with Crippen molar-refractivity contribution in [3.63, 3.8) is 0 Å². The molecule has 0 fully saturated rings. The second kappa shape index (κ2) is 5.53. The van der Waals surface area contributed by atoms with E-state index in [4.69, 9.17) is 5.84 Å². The molecule has 0 saturated heterocycles. The Bertz CT molecular complexity index is 860. The highest BCUT2D eigenvalue weighted by Crippen LogP contribution is 2.20. The highest BCUT2D eigenvalue weighted by Gasteiger charge is 2.17. The molecule has 0 aliphatic heterocycles. The first kappa shape index (κ1) is 14.2. The number of carbonyl (C=O) groups is 1. The van der Waals surface area contributed by atoms with Gasteiger partial charge in [-0.15, -0.1) is 0 Å². The summed E-state index contributed by atoms with van der Waals surface area (Å²) < 4.78 is 28.2. The SMILES string of the molecule is NNC(=O)c1nn(Cc2ccc(F)cc2F)c2ccccc12. The van der Waals surface area contributed by atoms with Crippen LogP contribution in [-0.2, 0) is 6.54 Å². The summed E-state index contributed by atoms with van der Waals surface area (Å²) in [7, 11) is 0. The molecule has 1 heterocycles. The molecule has 7 heteroatoms. The van der Waals surface area contributed by atoms with E-state index in [0.29, 0.717) is 10.9 Å². The average molecular weight is 302 g/mol. The Balaban J connectivity index is 2.09. The molecule has 3 N–H and O–H groups in total. The van der Waals surface area contributed by atoms with E-state index in [1.165, 1.54) is 16.8 Å². The number of nitrogens with zero attached hydrogens (tertiary/aromatic N) is 2. The lowest BCUT2D eigenvalue weighted by atomic mass is 10.2. The fraction of sp³-hybridized carbons (Fsp3) is 0.0667. The summed E-state index contributed by atoms with van der Waals surface area (Å²) in [6.45, 7) is 0.0739. The van der Waals surface area contributed by atoms with Gasteiger partial charge in [-0.3, -0.25) is 14.9 Å². The minimum atomic E-state index is -0.663. The highest BCUT2D eigenvalue weighted by molar-refractivity contribution is 6.04. The van der Waals surface area contributed by atoms with Crippen molar-refractivity contribution in [1.82, 2.24) is 15.2 Å². The molecule has 1 amide bonds. The molecule has 0 atom stereocenters. The van der Waals surface area contributed by atoms with E-state index >= 15 is 0 Å². The van der Waals surface area contributed by atoms with E-state index in [9.17, 15) is 13.6 Å². The zero-order chi connectivity index (χ0) is 15.7. The summed E-state index contributed by atoms with van der Waals surface area (Å²) in [5, 5.41) is 4.79. The van der Waals surface area contributed by atoms with Crippen LogP contribution in [0.3, 0.4) is 0 Å². The van der Waals surface area contributed by atoms with E-state index in [1.54, 1.807) is 24.3 Å². The monoisotopic (exact) mass is 302 g/mol. The Kier molecular flexibility index (Phi) is 3.56. The minimum absolute atomic E-state index is 0.0739. The van der Waals surface area contributed by atoms with E-state index in [1.807, 2.05) is 5.43 Å². The van der Waals surface area contributed by atoms with E-state index in [-0.39, 0.29) is 17.8 Å². The lowest BCUT2D eigenvalue weighted by Gasteiger charge is -2.05. The molecular weight excluding hydrogens is 290 g/mol. The first-order valence-electron chi connectivity index (χ1n) is 6.50. The van der Waals surface area contributed by atoms with E-state index in [2.05, 4.69) is 5.10 Å². The van der Waals surface area contributed by atoms with Crippen LogP contribution in [0.2, 0.25) is 0 Å². The van der Waals surface area contributed by atoms with E-state index in [0.717, 1.165) is 6.07 Å². The van der Waals surface area contributed by atoms with Crippen LogP contribution in [0.5, 0.6) is 0 Å².